The van der Waals surface area contributed by atoms with Crippen molar-refractivity contribution >= 4 is 17.4 Å². The molecule has 28 heavy (non-hydrogen) atoms. The number of benzene rings is 2. The van der Waals surface area contributed by atoms with Crippen LogP contribution in [0.15, 0.2) is 42.5 Å². The Kier molecular flexibility index (Phi) is 8.34. The number of hydrogen-bond acceptors (Lipinski definition) is 6. The molecule has 2 aromatic rings. The van der Waals surface area contributed by atoms with Gasteiger partial charge in [-0.2, -0.15) is 0 Å². The average molecular weight is 385 g/mol. The van der Waals surface area contributed by atoms with Gasteiger partial charge in [0.2, 0.25) is 0 Å². The normalized spacial score (nSPS) is 10.2. The summed E-state index contributed by atoms with van der Waals surface area (Å²) in [6.07, 6.45) is 0.884. The number of esters is 1. The Hall–Kier alpha value is -3.02. The SMILES string of the molecule is CCOC(=O)CCCOc1c(CNc2ccc(C(C)=O)cc2)cccc1OC. The molecule has 2 rings (SSSR count). The molecule has 0 radical (unpaired) electrons. The Morgan fingerprint density at radius 2 is 1.82 bits per heavy atom. The molecule has 0 saturated carbocycles. The van der Waals surface area contributed by atoms with Crippen LogP contribution < -0.4 is 14.8 Å². The lowest BCUT2D eigenvalue weighted by atomic mass is 10.1. The molecule has 0 unspecified atom stereocenters. The van der Waals surface area contributed by atoms with Crippen molar-refractivity contribution in [3.05, 3.63) is 53.6 Å². The van der Waals surface area contributed by atoms with E-state index in [1.807, 2.05) is 30.3 Å². The fourth-order valence-corrected chi connectivity index (χ4v) is 2.67. The lowest BCUT2D eigenvalue weighted by molar-refractivity contribution is -0.143. The molecule has 0 bridgehead atoms. The maximum Gasteiger partial charge on any atom is 0.305 e. The molecule has 0 heterocycles. The van der Waals surface area contributed by atoms with Gasteiger partial charge in [-0.25, -0.2) is 0 Å². The molecule has 0 aliphatic rings. The first kappa shape index (κ1) is 21.3. The summed E-state index contributed by atoms with van der Waals surface area (Å²) in [4.78, 5) is 22.8. The number of Topliss-reactive ketones (excluding diaryl/α,β-unsaturated/α-hetero) is 1. The molecule has 0 fully saturated rings. The number of ether oxygens (including phenoxy) is 3. The second kappa shape index (κ2) is 11.0. The zero-order chi connectivity index (χ0) is 20.4. The number of rotatable bonds is 11. The van der Waals surface area contributed by atoms with E-state index in [0.29, 0.717) is 49.7 Å². The van der Waals surface area contributed by atoms with E-state index in [2.05, 4.69) is 5.32 Å². The Morgan fingerprint density at radius 1 is 1.07 bits per heavy atom. The summed E-state index contributed by atoms with van der Waals surface area (Å²) < 4.78 is 16.2. The van der Waals surface area contributed by atoms with Crippen molar-refractivity contribution in [2.45, 2.75) is 33.2 Å². The fourth-order valence-electron chi connectivity index (χ4n) is 2.67. The summed E-state index contributed by atoms with van der Waals surface area (Å²) in [5.74, 6) is 1.11. The van der Waals surface area contributed by atoms with Crippen LogP contribution in [0.4, 0.5) is 5.69 Å². The molecule has 0 aromatic heterocycles. The molecular formula is C22H27NO5. The first-order valence-corrected chi connectivity index (χ1v) is 9.34. The number of ketones is 1. The van der Waals surface area contributed by atoms with Crippen LogP contribution in [0.1, 0.15) is 42.6 Å². The van der Waals surface area contributed by atoms with Crippen molar-refractivity contribution in [2.24, 2.45) is 0 Å². The summed E-state index contributed by atoms with van der Waals surface area (Å²) >= 11 is 0. The predicted molar refractivity (Wildman–Crippen MR) is 108 cm³/mol. The zero-order valence-electron chi connectivity index (χ0n) is 16.6. The maximum absolute atomic E-state index is 11.4. The quantitative estimate of drug-likeness (QED) is 0.354. The number of methoxy groups -OCH3 is 1. The lowest BCUT2D eigenvalue weighted by Gasteiger charge is -2.16. The molecule has 0 aliphatic heterocycles. The molecule has 150 valence electrons. The third-order valence-electron chi connectivity index (χ3n) is 4.13. The number of para-hydroxylation sites is 1. The van der Waals surface area contributed by atoms with Gasteiger partial charge in [0, 0.05) is 29.8 Å². The standard InChI is InChI=1S/C22H27NO5/c1-4-27-21(25)9-6-14-28-22-18(7-5-8-20(22)26-3)15-23-19-12-10-17(11-13-19)16(2)24/h5,7-8,10-13,23H,4,6,9,14-15H2,1-3H3. The summed E-state index contributed by atoms with van der Waals surface area (Å²) in [7, 11) is 1.60. The second-order valence-corrected chi connectivity index (χ2v) is 6.19. The number of carbonyl (C=O) groups is 2. The molecular weight excluding hydrogens is 358 g/mol. The van der Waals surface area contributed by atoms with Crippen molar-refractivity contribution in [2.75, 3.05) is 25.6 Å². The Labute approximate surface area is 165 Å². The highest BCUT2D eigenvalue weighted by Gasteiger charge is 2.11. The van der Waals surface area contributed by atoms with Crippen LogP contribution >= 0.6 is 0 Å². The average Bonchev–Trinajstić information content (AvgIpc) is 2.70. The van der Waals surface area contributed by atoms with Gasteiger partial charge in [0.25, 0.3) is 0 Å². The molecule has 6 nitrogen and oxygen atoms in total. The largest absolute Gasteiger partial charge is 0.493 e. The van der Waals surface area contributed by atoms with Gasteiger partial charge in [0.15, 0.2) is 17.3 Å². The molecule has 6 heteroatoms. The minimum Gasteiger partial charge on any atom is -0.493 e. The number of hydrogen-bond donors (Lipinski definition) is 1. The van der Waals surface area contributed by atoms with Crippen molar-refractivity contribution < 1.29 is 23.8 Å². The highest BCUT2D eigenvalue weighted by Crippen LogP contribution is 2.32. The van der Waals surface area contributed by atoms with Gasteiger partial charge in [-0.1, -0.05) is 12.1 Å². The summed E-state index contributed by atoms with van der Waals surface area (Å²) in [6, 6.07) is 13.0. The van der Waals surface area contributed by atoms with Gasteiger partial charge < -0.3 is 19.5 Å². The van der Waals surface area contributed by atoms with Crippen LogP contribution in [0.3, 0.4) is 0 Å². The van der Waals surface area contributed by atoms with Gasteiger partial charge in [-0.05, 0) is 50.6 Å². The third-order valence-corrected chi connectivity index (χ3v) is 4.13. The summed E-state index contributed by atoms with van der Waals surface area (Å²) in [5, 5.41) is 3.32. The van der Waals surface area contributed by atoms with E-state index in [-0.39, 0.29) is 11.8 Å². The van der Waals surface area contributed by atoms with E-state index >= 15 is 0 Å². The zero-order valence-corrected chi connectivity index (χ0v) is 16.6. The highest BCUT2D eigenvalue weighted by molar-refractivity contribution is 5.94. The Bertz CT molecular complexity index is 786. The van der Waals surface area contributed by atoms with Crippen molar-refractivity contribution in [3.63, 3.8) is 0 Å². The highest BCUT2D eigenvalue weighted by atomic mass is 16.5. The monoisotopic (exact) mass is 385 g/mol. The second-order valence-electron chi connectivity index (χ2n) is 6.19. The van der Waals surface area contributed by atoms with Crippen LogP contribution in [0.25, 0.3) is 0 Å². The minimum absolute atomic E-state index is 0.0397. The first-order chi connectivity index (χ1) is 13.5. The van der Waals surface area contributed by atoms with Crippen LogP contribution in [-0.4, -0.2) is 32.1 Å². The van der Waals surface area contributed by atoms with Gasteiger partial charge >= 0.3 is 5.97 Å². The number of nitrogens with one attached hydrogen (secondary N) is 1. The Balaban J connectivity index is 1.99. The van der Waals surface area contributed by atoms with Crippen LogP contribution in [-0.2, 0) is 16.1 Å². The summed E-state index contributed by atoms with van der Waals surface area (Å²) in [5.41, 5.74) is 2.52. The van der Waals surface area contributed by atoms with Gasteiger partial charge in [0.1, 0.15) is 0 Å². The first-order valence-electron chi connectivity index (χ1n) is 9.34. The molecule has 0 saturated heterocycles. The summed E-state index contributed by atoms with van der Waals surface area (Å²) in [6.45, 7) is 4.64. The molecule has 2 aromatic carbocycles. The molecule has 0 amide bonds. The molecule has 0 spiro atoms. The lowest BCUT2D eigenvalue weighted by Crippen LogP contribution is -2.09. The van der Waals surface area contributed by atoms with Gasteiger partial charge in [0.05, 0.1) is 20.3 Å². The van der Waals surface area contributed by atoms with Crippen LogP contribution in [0.2, 0.25) is 0 Å². The van der Waals surface area contributed by atoms with Crippen molar-refractivity contribution in [3.8, 4) is 11.5 Å². The van der Waals surface area contributed by atoms with Crippen LogP contribution in [0, 0.1) is 0 Å². The van der Waals surface area contributed by atoms with E-state index in [4.69, 9.17) is 14.2 Å². The van der Waals surface area contributed by atoms with E-state index < -0.39 is 0 Å². The smallest absolute Gasteiger partial charge is 0.305 e. The van der Waals surface area contributed by atoms with Crippen LogP contribution in [0.5, 0.6) is 11.5 Å². The minimum atomic E-state index is -0.220. The number of carbonyl (C=O) groups excluding carboxylic acids is 2. The third kappa shape index (κ3) is 6.30. The topological polar surface area (TPSA) is 73.9 Å². The van der Waals surface area contributed by atoms with Gasteiger partial charge in [-0.3, -0.25) is 9.59 Å². The van der Waals surface area contributed by atoms with Gasteiger partial charge in [-0.15, -0.1) is 0 Å². The van der Waals surface area contributed by atoms with E-state index in [0.717, 1.165) is 11.3 Å². The fraction of sp³-hybridized carbons (Fsp3) is 0.364. The number of anilines is 1. The molecule has 0 atom stereocenters. The van der Waals surface area contributed by atoms with E-state index in [9.17, 15) is 9.59 Å². The molecule has 0 aliphatic carbocycles. The van der Waals surface area contributed by atoms with Crippen molar-refractivity contribution in [1.29, 1.82) is 0 Å². The predicted octanol–water partition coefficient (Wildman–Crippen LogP) is 4.23. The van der Waals surface area contributed by atoms with E-state index in [1.165, 1.54) is 0 Å². The maximum atomic E-state index is 11.4. The van der Waals surface area contributed by atoms with Crippen molar-refractivity contribution in [1.82, 2.24) is 0 Å². The molecule has 1 N–H and O–H groups in total. The van der Waals surface area contributed by atoms with E-state index in [1.54, 1.807) is 33.1 Å². The Morgan fingerprint density at radius 3 is 2.46 bits per heavy atom.